The molecule has 30 heavy (non-hydrogen) atoms. The van der Waals surface area contributed by atoms with E-state index in [0.717, 1.165) is 54.3 Å². The SMILES string of the molecule is CCn1c(-c2ccccc2)cc(C(=O)NC2CCCN(c3ccc(=O)[nH]n3)C2)c1C. The number of carbonyl (C=O) groups is 1. The van der Waals surface area contributed by atoms with Gasteiger partial charge in [-0.15, -0.1) is 0 Å². The van der Waals surface area contributed by atoms with Gasteiger partial charge >= 0.3 is 0 Å². The molecule has 7 nitrogen and oxygen atoms in total. The molecule has 3 aromatic rings. The molecule has 0 spiro atoms. The third-order valence-corrected chi connectivity index (χ3v) is 5.74. The van der Waals surface area contributed by atoms with Gasteiger partial charge in [-0.05, 0) is 44.4 Å². The number of aromatic amines is 1. The van der Waals surface area contributed by atoms with E-state index in [2.05, 4.69) is 44.0 Å². The summed E-state index contributed by atoms with van der Waals surface area (Å²) in [6, 6.07) is 15.4. The number of piperidine rings is 1. The van der Waals surface area contributed by atoms with Crippen molar-refractivity contribution < 1.29 is 4.79 Å². The van der Waals surface area contributed by atoms with Crippen LogP contribution >= 0.6 is 0 Å². The number of anilines is 1. The van der Waals surface area contributed by atoms with Gasteiger partial charge in [0.1, 0.15) is 5.82 Å². The maximum Gasteiger partial charge on any atom is 0.264 e. The lowest BCUT2D eigenvalue weighted by Gasteiger charge is -2.33. The summed E-state index contributed by atoms with van der Waals surface area (Å²) in [6.45, 7) is 6.43. The molecule has 0 radical (unpaired) electrons. The predicted molar refractivity (Wildman–Crippen MR) is 118 cm³/mol. The number of H-pyrrole nitrogens is 1. The summed E-state index contributed by atoms with van der Waals surface area (Å²) in [5.74, 6) is 0.686. The maximum absolute atomic E-state index is 13.1. The van der Waals surface area contributed by atoms with Gasteiger partial charge in [0, 0.05) is 43.1 Å². The van der Waals surface area contributed by atoms with Crippen LogP contribution in [-0.2, 0) is 6.54 Å². The van der Waals surface area contributed by atoms with Crippen molar-refractivity contribution in [2.24, 2.45) is 0 Å². The van der Waals surface area contributed by atoms with Crippen LogP contribution in [-0.4, -0.2) is 39.8 Å². The summed E-state index contributed by atoms with van der Waals surface area (Å²) in [5.41, 5.74) is 3.64. The molecular weight excluding hydrogens is 378 g/mol. The molecule has 1 unspecified atom stereocenters. The van der Waals surface area contributed by atoms with Gasteiger partial charge in [-0.3, -0.25) is 9.59 Å². The second-order valence-corrected chi connectivity index (χ2v) is 7.68. The van der Waals surface area contributed by atoms with E-state index < -0.39 is 0 Å². The standard InChI is InChI=1S/C23H27N5O2/c1-3-28-16(2)19(14-20(28)17-8-5-4-6-9-17)23(30)24-18-10-7-13-27(15-18)21-11-12-22(29)26-25-21/h4-6,8-9,11-12,14,18H,3,7,10,13,15H2,1-2H3,(H,24,30)(H,26,29). The Bertz CT molecular complexity index is 1070. The number of amides is 1. The highest BCUT2D eigenvalue weighted by molar-refractivity contribution is 5.97. The second kappa shape index (κ2) is 8.57. The first-order valence-electron chi connectivity index (χ1n) is 10.4. The summed E-state index contributed by atoms with van der Waals surface area (Å²) in [5, 5.41) is 9.81. The molecule has 0 aliphatic carbocycles. The fourth-order valence-electron chi connectivity index (χ4n) is 4.21. The van der Waals surface area contributed by atoms with Crippen LogP contribution < -0.4 is 15.8 Å². The lowest BCUT2D eigenvalue weighted by Crippen LogP contribution is -2.48. The van der Waals surface area contributed by atoms with Crippen molar-refractivity contribution in [3.05, 3.63) is 70.1 Å². The van der Waals surface area contributed by atoms with Gasteiger partial charge in [-0.1, -0.05) is 30.3 Å². The quantitative estimate of drug-likeness (QED) is 0.684. The van der Waals surface area contributed by atoms with Gasteiger partial charge in [0.15, 0.2) is 0 Å². The Labute approximate surface area is 175 Å². The number of hydrogen-bond donors (Lipinski definition) is 2. The van der Waals surface area contributed by atoms with E-state index in [1.165, 1.54) is 6.07 Å². The predicted octanol–water partition coefficient (Wildman–Crippen LogP) is 2.97. The van der Waals surface area contributed by atoms with Crippen LogP contribution in [0.25, 0.3) is 11.3 Å². The average molecular weight is 406 g/mol. The highest BCUT2D eigenvalue weighted by atomic mass is 16.1. The van der Waals surface area contributed by atoms with E-state index in [9.17, 15) is 9.59 Å². The molecule has 1 aromatic carbocycles. The Morgan fingerprint density at radius 1 is 1.23 bits per heavy atom. The maximum atomic E-state index is 13.1. The fourth-order valence-corrected chi connectivity index (χ4v) is 4.21. The number of hydrogen-bond acceptors (Lipinski definition) is 4. The summed E-state index contributed by atoms with van der Waals surface area (Å²) < 4.78 is 2.18. The van der Waals surface area contributed by atoms with Gasteiger partial charge in [0.2, 0.25) is 0 Å². The first-order valence-corrected chi connectivity index (χ1v) is 10.4. The minimum Gasteiger partial charge on any atom is -0.353 e. The molecule has 1 aliphatic heterocycles. The topological polar surface area (TPSA) is 83.0 Å². The van der Waals surface area contributed by atoms with Gasteiger partial charge in [0.05, 0.1) is 5.56 Å². The lowest BCUT2D eigenvalue weighted by atomic mass is 10.0. The Kier molecular flexibility index (Phi) is 5.70. The van der Waals surface area contributed by atoms with Crippen LogP contribution in [0.5, 0.6) is 0 Å². The molecule has 2 N–H and O–H groups in total. The number of nitrogens with one attached hydrogen (secondary N) is 2. The van der Waals surface area contributed by atoms with Crippen molar-refractivity contribution in [2.45, 2.75) is 39.3 Å². The molecule has 1 fully saturated rings. The number of nitrogens with zero attached hydrogens (tertiary/aromatic N) is 3. The summed E-state index contributed by atoms with van der Waals surface area (Å²) in [7, 11) is 0. The minimum absolute atomic E-state index is 0.0320. The minimum atomic E-state index is -0.217. The van der Waals surface area contributed by atoms with E-state index in [1.54, 1.807) is 6.07 Å². The zero-order valence-corrected chi connectivity index (χ0v) is 17.4. The molecule has 1 atom stereocenters. The highest BCUT2D eigenvalue weighted by Crippen LogP contribution is 2.26. The molecule has 1 amide bonds. The number of rotatable bonds is 5. The zero-order valence-electron chi connectivity index (χ0n) is 17.4. The molecule has 156 valence electrons. The summed E-state index contributed by atoms with van der Waals surface area (Å²) >= 11 is 0. The average Bonchev–Trinajstić information content (AvgIpc) is 3.11. The zero-order chi connectivity index (χ0) is 21.1. The molecule has 1 saturated heterocycles. The number of carbonyl (C=O) groups excluding carboxylic acids is 1. The Balaban J connectivity index is 1.51. The van der Waals surface area contributed by atoms with Crippen LogP contribution in [0.4, 0.5) is 5.82 Å². The molecule has 1 aliphatic rings. The Morgan fingerprint density at radius 2 is 2.03 bits per heavy atom. The summed E-state index contributed by atoms with van der Waals surface area (Å²) in [4.78, 5) is 26.5. The Morgan fingerprint density at radius 3 is 2.73 bits per heavy atom. The molecule has 0 saturated carbocycles. The first kappa shape index (κ1) is 19.9. The van der Waals surface area contributed by atoms with Gasteiger partial charge < -0.3 is 14.8 Å². The Hall–Kier alpha value is -3.35. The van der Waals surface area contributed by atoms with E-state index in [-0.39, 0.29) is 17.5 Å². The first-order chi connectivity index (χ1) is 14.6. The van der Waals surface area contributed by atoms with Crippen molar-refractivity contribution >= 4 is 11.7 Å². The van der Waals surface area contributed by atoms with Crippen molar-refractivity contribution in [1.82, 2.24) is 20.1 Å². The fraction of sp³-hybridized carbons (Fsp3) is 0.348. The largest absolute Gasteiger partial charge is 0.353 e. The normalized spacial score (nSPS) is 16.5. The van der Waals surface area contributed by atoms with E-state index in [0.29, 0.717) is 6.54 Å². The van der Waals surface area contributed by atoms with Crippen LogP contribution in [0.1, 0.15) is 35.8 Å². The monoisotopic (exact) mass is 405 g/mol. The third kappa shape index (κ3) is 4.01. The van der Waals surface area contributed by atoms with E-state index in [4.69, 9.17) is 0 Å². The van der Waals surface area contributed by atoms with Crippen LogP contribution in [0, 0.1) is 6.92 Å². The number of benzene rings is 1. The lowest BCUT2D eigenvalue weighted by molar-refractivity contribution is 0.0932. The van der Waals surface area contributed by atoms with Crippen LogP contribution in [0.2, 0.25) is 0 Å². The molecular formula is C23H27N5O2. The van der Waals surface area contributed by atoms with Gasteiger partial charge in [-0.25, -0.2) is 5.10 Å². The molecule has 7 heteroatoms. The van der Waals surface area contributed by atoms with Gasteiger partial charge in [-0.2, -0.15) is 5.10 Å². The van der Waals surface area contributed by atoms with Crippen molar-refractivity contribution in [3.63, 3.8) is 0 Å². The third-order valence-electron chi connectivity index (χ3n) is 5.74. The summed E-state index contributed by atoms with van der Waals surface area (Å²) in [6.07, 6.45) is 1.88. The van der Waals surface area contributed by atoms with E-state index in [1.807, 2.05) is 31.2 Å². The van der Waals surface area contributed by atoms with Crippen molar-refractivity contribution in [3.8, 4) is 11.3 Å². The number of aromatic nitrogens is 3. The van der Waals surface area contributed by atoms with Crippen molar-refractivity contribution in [1.29, 1.82) is 0 Å². The molecule has 4 rings (SSSR count). The molecule has 3 heterocycles. The van der Waals surface area contributed by atoms with Crippen LogP contribution in [0.3, 0.4) is 0 Å². The van der Waals surface area contributed by atoms with Crippen LogP contribution in [0.15, 0.2) is 53.3 Å². The van der Waals surface area contributed by atoms with E-state index >= 15 is 0 Å². The van der Waals surface area contributed by atoms with Gasteiger partial charge in [0.25, 0.3) is 11.5 Å². The molecule has 0 bridgehead atoms. The highest BCUT2D eigenvalue weighted by Gasteiger charge is 2.25. The smallest absolute Gasteiger partial charge is 0.264 e. The molecule has 2 aromatic heterocycles. The second-order valence-electron chi connectivity index (χ2n) is 7.68. The van der Waals surface area contributed by atoms with Crippen molar-refractivity contribution in [2.75, 3.05) is 18.0 Å².